The van der Waals surface area contributed by atoms with Crippen molar-refractivity contribution >= 4 is 9.84 Å². The van der Waals surface area contributed by atoms with Crippen LogP contribution in [0.4, 0.5) is 0 Å². The van der Waals surface area contributed by atoms with Crippen LogP contribution in [0.3, 0.4) is 0 Å². The van der Waals surface area contributed by atoms with Gasteiger partial charge >= 0.3 is 0 Å². The zero-order chi connectivity index (χ0) is 11.9. The number of sulfone groups is 1. The minimum absolute atomic E-state index is 0.252. The molecule has 1 aliphatic rings. The van der Waals surface area contributed by atoms with Crippen LogP contribution in [0.15, 0.2) is 39.9 Å². The van der Waals surface area contributed by atoms with E-state index in [1.165, 1.54) is 0 Å². The van der Waals surface area contributed by atoms with Crippen molar-refractivity contribution in [3.8, 4) is 11.3 Å². The zero-order valence-electron chi connectivity index (χ0n) is 9.09. The third-order valence-corrected chi connectivity index (χ3v) is 4.87. The minimum Gasteiger partial charge on any atom is -0.356 e. The van der Waals surface area contributed by atoms with E-state index < -0.39 is 9.84 Å². The van der Waals surface area contributed by atoms with Crippen LogP contribution in [0.1, 0.15) is 12.0 Å². The van der Waals surface area contributed by atoms with E-state index in [0.29, 0.717) is 17.1 Å². The van der Waals surface area contributed by atoms with Crippen molar-refractivity contribution in [2.45, 2.75) is 17.7 Å². The van der Waals surface area contributed by atoms with E-state index >= 15 is 0 Å². The van der Waals surface area contributed by atoms with E-state index in [0.717, 1.165) is 17.5 Å². The Kier molecular flexibility index (Phi) is 2.29. The van der Waals surface area contributed by atoms with E-state index in [1.54, 1.807) is 24.4 Å². The monoisotopic (exact) mass is 249 g/mol. The first-order chi connectivity index (χ1) is 8.17. The number of benzene rings is 1. The predicted molar refractivity (Wildman–Crippen MR) is 62.3 cm³/mol. The molecule has 1 aromatic heterocycles. The number of hydrogen-bond acceptors (Lipinski definition) is 4. The minimum atomic E-state index is -3.07. The predicted octanol–water partition coefficient (Wildman–Crippen LogP) is 2.06. The molecule has 0 bridgehead atoms. The molecule has 1 aromatic carbocycles. The number of aromatic nitrogens is 1. The summed E-state index contributed by atoms with van der Waals surface area (Å²) < 4.78 is 28.7. The van der Waals surface area contributed by atoms with Crippen LogP contribution in [-0.4, -0.2) is 19.3 Å². The van der Waals surface area contributed by atoms with Crippen molar-refractivity contribution in [3.63, 3.8) is 0 Å². The molecule has 2 heterocycles. The van der Waals surface area contributed by atoms with Gasteiger partial charge in [-0.2, -0.15) is 0 Å². The van der Waals surface area contributed by atoms with Crippen molar-refractivity contribution in [3.05, 3.63) is 36.0 Å². The molecule has 0 saturated carbocycles. The van der Waals surface area contributed by atoms with Crippen LogP contribution >= 0.6 is 0 Å². The Morgan fingerprint density at radius 3 is 2.88 bits per heavy atom. The van der Waals surface area contributed by atoms with Gasteiger partial charge in [0, 0.05) is 11.6 Å². The molecule has 4 nitrogen and oxygen atoms in total. The Morgan fingerprint density at radius 1 is 1.24 bits per heavy atom. The summed E-state index contributed by atoms with van der Waals surface area (Å²) in [7, 11) is -3.07. The van der Waals surface area contributed by atoms with Gasteiger partial charge in [-0.05, 0) is 36.6 Å². The summed E-state index contributed by atoms with van der Waals surface area (Å²) in [5, 5.41) is 3.65. The van der Waals surface area contributed by atoms with Crippen LogP contribution in [0.2, 0.25) is 0 Å². The molecule has 0 saturated heterocycles. The first-order valence-electron chi connectivity index (χ1n) is 5.43. The number of aryl methyl sites for hydroxylation is 1. The van der Waals surface area contributed by atoms with Crippen molar-refractivity contribution in [1.29, 1.82) is 0 Å². The Hall–Kier alpha value is -1.62. The van der Waals surface area contributed by atoms with Crippen molar-refractivity contribution in [1.82, 2.24) is 5.16 Å². The molecular weight excluding hydrogens is 238 g/mol. The molecule has 2 aromatic rings. The number of rotatable bonds is 1. The molecule has 0 atom stereocenters. The quantitative estimate of drug-likeness (QED) is 0.776. The first kappa shape index (κ1) is 10.5. The Morgan fingerprint density at radius 2 is 2.12 bits per heavy atom. The number of nitrogens with zero attached hydrogens (tertiary/aromatic N) is 1. The van der Waals surface area contributed by atoms with Gasteiger partial charge in [-0.15, -0.1) is 0 Å². The van der Waals surface area contributed by atoms with Crippen LogP contribution in [-0.2, 0) is 16.3 Å². The van der Waals surface area contributed by atoms with Crippen molar-refractivity contribution < 1.29 is 12.9 Å². The summed E-state index contributed by atoms with van der Waals surface area (Å²) in [5.41, 5.74) is 1.75. The highest BCUT2D eigenvalue weighted by Crippen LogP contribution is 2.29. The van der Waals surface area contributed by atoms with Gasteiger partial charge in [0.05, 0.1) is 16.8 Å². The maximum absolute atomic E-state index is 11.8. The zero-order valence-corrected chi connectivity index (χ0v) is 9.90. The second-order valence-electron chi connectivity index (χ2n) is 4.12. The molecule has 0 N–H and O–H groups in total. The fraction of sp³-hybridized carbons (Fsp3) is 0.250. The molecule has 1 aliphatic heterocycles. The lowest BCUT2D eigenvalue weighted by atomic mass is 10.0. The lowest BCUT2D eigenvalue weighted by molar-refractivity contribution is 0.432. The van der Waals surface area contributed by atoms with Crippen LogP contribution in [0.25, 0.3) is 11.3 Å². The highest BCUT2D eigenvalue weighted by molar-refractivity contribution is 7.91. The third kappa shape index (κ3) is 1.76. The van der Waals surface area contributed by atoms with Gasteiger partial charge in [-0.3, -0.25) is 0 Å². The lowest BCUT2D eigenvalue weighted by Crippen LogP contribution is -2.15. The summed E-state index contributed by atoms with van der Waals surface area (Å²) in [6, 6.07) is 7.08. The molecule has 3 rings (SSSR count). The molecule has 17 heavy (non-hydrogen) atoms. The number of hydrogen-bond donors (Lipinski definition) is 0. The molecule has 0 radical (unpaired) electrons. The Balaban J connectivity index is 2.15. The highest BCUT2D eigenvalue weighted by atomic mass is 32.2. The fourth-order valence-electron chi connectivity index (χ4n) is 2.16. The molecule has 88 valence electrons. The largest absolute Gasteiger partial charge is 0.356 e. The Bertz CT molecular complexity index is 644. The maximum atomic E-state index is 11.8. The summed E-state index contributed by atoms with van der Waals surface area (Å²) in [6.07, 6.45) is 3.07. The second-order valence-corrected chi connectivity index (χ2v) is 6.20. The van der Waals surface area contributed by atoms with Gasteiger partial charge in [-0.25, -0.2) is 8.42 Å². The van der Waals surface area contributed by atoms with Crippen molar-refractivity contribution in [2.75, 3.05) is 5.75 Å². The summed E-state index contributed by atoms with van der Waals surface area (Å²) in [6.45, 7) is 0. The maximum Gasteiger partial charge on any atom is 0.178 e. The standard InChI is InChI=1S/C12H11NO3S/c14-17(15)7-1-2-10-8-9(3-4-12(10)17)11-5-6-13-16-11/h3-6,8H,1-2,7H2. The van der Waals surface area contributed by atoms with Crippen LogP contribution in [0, 0.1) is 0 Å². The van der Waals surface area contributed by atoms with Gasteiger partial charge in [0.15, 0.2) is 15.6 Å². The second kappa shape index (κ2) is 3.70. The van der Waals surface area contributed by atoms with Crippen LogP contribution in [0.5, 0.6) is 0 Å². The molecule has 0 spiro atoms. The third-order valence-electron chi connectivity index (χ3n) is 2.98. The highest BCUT2D eigenvalue weighted by Gasteiger charge is 2.23. The average molecular weight is 249 g/mol. The van der Waals surface area contributed by atoms with Gasteiger partial charge in [0.2, 0.25) is 0 Å². The molecule has 0 fully saturated rings. The van der Waals surface area contributed by atoms with Gasteiger partial charge < -0.3 is 4.52 Å². The van der Waals surface area contributed by atoms with E-state index in [4.69, 9.17) is 4.52 Å². The summed E-state index contributed by atoms with van der Waals surface area (Å²) in [4.78, 5) is 0.465. The average Bonchev–Trinajstić information content (AvgIpc) is 2.81. The first-order valence-corrected chi connectivity index (χ1v) is 7.09. The SMILES string of the molecule is O=S1(=O)CCCc2cc(-c3ccno3)ccc21. The van der Waals surface area contributed by atoms with Crippen molar-refractivity contribution in [2.24, 2.45) is 0 Å². The number of fused-ring (bicyclic) bond motifs is 1. The van der Waals surface area contributed by atoms with E-state index in [9.17, 15) is 8.42 Å². The normalized spacial score (nSPS) is 17.6. The fourth-order valence-corrected chi connectivity index (χ4v) is 3.74. The smallest absolute Gasteiger partial charge is 0.178 e. The van der Waals surface area contributed by atoms with Gasteiger partial charge in [0.1, 0.15) is 0 Å². The lowest BCUT2D eigenvalue weighted by Gasteiger charge is -2.16. The topological polar surface area (TPSA) is 60.2 Å². The van der Waals surface area contributed by atoms with Crippen LogP contribution < -0.4 is 0 Å². The molecular formula is C12H11NO3S. The Labute approximate surface area is 99.2 Å². The summed E-state index contributed by atoms with van der Waals surface area (Å²) in [5.74, 6) is 0.914. The van der Waals surface area contributed by atoms with E-state index in [-0.39, 0.29) is 5.75 Å². The summed E-state index contributed by atoms with van der Waals surface area (Å²) >= 11 is 0. The molecule has 0 aliphatic carbocycles. The molecule has 5 heteroatoms. The molecule has 0 unspecified atom stereocenters. The van der Waals surface area contributed by atoms with Gasteiger partial charge in [-0.1, -0.05) is 5.16 Å². The van der Waals surface area contributed by atoms with E-state index in [2.05, 4.69) is 5.16 Å². The molecule has 0 amide bonds. The van der Waals surface area contributed by atoms with Gasteiger partial charge in [0.25, 0.3) is 0 Å². The van der Waals surface area contributed by atoms with E-state index in [1.807, 2.05) is 6.07 Å².